The van der Waals surface area contributed by atoms with Crippen molar-refractivity contribution < 1.29 is 4.79 Å². The molecule has 0 aliphatic rings. The molecule has 1 rings (SSSR count). The van der Waals surface area contributed by atoms with Crippen molar-refractivity contribution in [3.63, 3.8) is 0 Å². The maximum absolute atomic E-state index is 11.6. The Balaban J connectivity index is 3.01. The molecule has 5 nitrogen and oxygen atoms in total. The molecule has 1 aromatic rings. The maximum Gasteiger partial charge on any atom is 0.251 e. The third-order valence-corrected chi connectivity index (χ3v) is 2.64. The van der Waals surface area contributed by atoms with Crippen LogP contribution in [0.3, 0.4) is 0 Å². The van der Waals surface area contributed by atoms with E-state index in [0.717, 1.165) is 0 Å². The summed E-state index contributed by atoms with van der Waals surface area (Å²) in [5.41, 5.74) is -0.815. The molecule has 0 fully saturated rings. The summed E-state index contributed by atoms with van der Waals surface area (Å²) in [4.78, 5) is 25.1. The SMILES string of the molecule is CNC(=O)C(C)(C)Cn1ccc(=O)[nH]c1=S. The van der Waals surface area contributed by atoms with Gasteiger partial charge >= 0.3 is 0 Å². The molecule has 1 aromatic heterocycles. The minimum Gasteiger partial charge on any atom is -0.359 e. The summed E-state index contributed by atoms with van der Waals surface area (Å²) in [6, 6.07) is 1.38. The summed E-state index contributed by atoms with van der Waals surface area (Å²) < 4.78 is 2.00. The highest BCUT2D eigenvalue weighted by atomic mass is 32.1. The second kappa shape index (κ2) is 4.61. The molecule has 1 amide bonds. The molecule has 16 heavy (non-hydrogen) atoms. The van der Waals surface area contributed by atoms with Gasteiger partial charge in [-0.15, -0.1) is 0 Å². The van der Waals surface area contributed by atoms with E-state index >= 15 is 0 Å². The van der Waals surface area contributed by atoms with Crippen LogP contribution in [0.25, 0.3) is 0 Å². The van der Waals surface area contributed by atoms with Crippen LogP contribution >= 0.6 is 12.2 Å². The molecule has 0 atom stereocenters. The fourth-order valence-corrected chi connectivity index (χ4v) is 1.63. The third kappa shape index (κ3) is 2.79. The molecule has 2 N–H and O–H groups in total. The van der Waals surface area contributed by atoms with Crippen LogP contribution in [0.2, 0.25) is 0 Å². The molecule has 0 aromatic carbocycles. The second-order valence-electron chi connectivity index (χ2n) is 4.20. The lowest BCUT2D eigenvalue weighted by Gasteiger charge is -2.23. The van der Waals surface area contributed by atoms with Crippen molar-refractivity contribution in [2.24, 2.45) is 5.41 Å². The first-order chi connectivity index (χ1) is 7.36. The van der Waals surface area contributed by atoms with Crippen LogP contribution in [0.1, 0.15) is 13.8 Å². The molecule has 0 radical (unpaired) electrons. The van der Waals surface area contributed by atoms with E-state index < -0.39 is 5.41 Å². The topological polar surface area (TPSA) is 66.9 Å². The first-order valence-corrected chi connectivity index (χ1v) is 5.29. The van der Waals surface area contributed by atoms with Gasteiger partial charge in [0.15, 0.2) is 4.77 Å². The van der Waals surface area contributed by atoms with Gasteiger partial charge in [0.25, 0.3) is 5.56 Å². The summed E-state index contributed by atoms with van der Waals surface area (Å²) in [5.74, 6) is -0.0689. The van der Waals surface area contributed by atoms with Crippen molar-refractivity contribution in [3.05, 3.63) is 27.4 Å². The molecular weight excluding hydrogens is 226 g/mol. The number of hydrogen-bond acceptors (Lipinski definition) is 3. The van der Waals surface area contributed by atoms with E-state index in [1.807, 2.05) is 13.8 Å². The number of nitrogens with zero attached hydrogens (tertiary/aromatic N) is 1. The van der Waals surface area contributed by atoms with E-state index in [2.05, 4.69) is 10.3 Å². The third-order valence-electron chi connectivity index (χ3n) is 2.30. The standard InChI is InChI=1S/C10H15N3O2S/c1-10(2,8(15)11-3)6-13-5-4-7(14)12-9(13)16/h4-5H,6H2,1-3H3,(H,11,15)(H,12,14,16). The lowest BCUT2D eigenvalue weighted by molar-refractivity contribution is -0.129. The second-order valence-corrected chi connectivity index (χ2v) is 4.59. The molecule has 0 spiro atoms. The van der Waals surface area contributed by atoms with Crippen LogP contribution in [0.4, 0.5) is 0 Å². The number of aromatic amines is 1. The molecular formula is C10H15N3O2S. The summed E-state index contributed by atoms with van der Waals surface area (Å²) in [5, 5.41) is 2.60. The Morgan fingerprint density at radius 1 is 1.62 bits per heavy atom. The summed E-state index contributed by atoms with van der Waals surface area (Å²) in [6.45, 7) is 4.06. The molecule has 0 saturated carbocycles. The average Bonchev–Trinajstić information content (AvgIpc) is 2.21. The normalized spacial score (nSPS) is 11.2. The van der Waals surface area contributed by atoms with Crippen molar-refractivity contribution >= 4 is 18.1 Å². The van der Waals surface area contributed by atoms with Gasteiger partial charge in [-0.3, -0.25) is 14.6 Å². The van der Waals surface area contributed by atoms with Gasteiger partial charge in [0.05, 0.1) is 5.41 Å². The van der Waals surface area contributed by atoms with Gasteiger partial charge in [0.2, 0.25) is 5.91 Å². The minimum atomic E-state index is -0.578. The molecule has 6 heteroatoms. The molecule has 1 heterocycles. The molecule has 0 unspecified atom stereocenters. The Labute approximate surface area is 98.5 Å². The zero-order chi connectivity index (χ0) is 12.3. The van der Waals surface area contributed by atoms with Gasteiger partial charge in [-0.05, 0) is 26.1 Å². The summed E-state index contributed by atoms with van der Waals surface area (Å²) in [6.07, 6.45) is 1.59. The van der Waals surface area contributed by atoms with E-state index in [1.165, 1.54) is 6.07 Å². The van der Waals surface area contributed by atoms with Crippen molar-refractivity contribution in [1.82, 2.24) is 14.9 Å². The number of hydrogen-bond donors (Lipinski definition) is 2. The van der Waals surface area contributed by atoms with Crippen molar-refractivity contribution in [2.75, 3.05) is 7.05 Å². The fraction of sp³-hybridized carbons (Fsp3) is 0.500. The number of rotatable bonds is 3. The number of carbonyl (C=O) groups is 1. The van der Waals surface area contributed by atoms with Gasteiger partial charge in [-0.25, -0.2) is 0 Å². The monoisotopic (exact) mass is 241 g/mol. The van der Waals surface area contributed by atoms with Crippen LogP contribution in [0.5, 0.6) is 0 Å². The number of carbonyl (C=O) groups excluding carboxylic acids is 1. The highest BCUT2D eigenvalue weighted by Crippen LogP contribution is 2.17. The lowest BCUT2D eigenvalue weighted by atomic mass is 9.92. The van der Waals surface area contributed by atoms with Crippen molar-refractivity contribution in [2.45, 2.75) is 20.4 Å². The fourth-order valence-electron chi connectivity index (χ4n) is 1.40. The minimum absolute atomic E-state index is 0.0689. The van der Waals surface area contributed by atoms with Gasteiger partial charge in [0.1, 0.15) is 0 Å². The Morgan fingerprint density at radius 2 is 2.25 bits per heavy atom. The smallest absolute Gasteiger partial charge is 0.251 e. The van der Waals surface area contributed by atoms with E-state index in [4.69, 9.17) is 12.2 Å². The van der Waals surface area contributed by atoms with Crippen molar-refractivity contribution in [3.8, 4) is 0 Å². The zero-order valence-electron chi connectivity index (χ0n) is 9.53. The highest BCUT2D eigenvalue weighted by molar-refractivity contribution is 7.71. The predicted octanol–water partition coefficient (Wildman–Crippen LogP) is 0.678. The predicted molar refractivity (Wildman–Crippen MR) is 63.7 cm³/mol. The highest BCUT2D eigenvalue weighted by Gasteiger charge is 2.27. The Hall–Kier alpha value is -1.43. The van der Waals surface area contributed by atoms with E-state index in [-0.39, 0.29) is 11.5 Å². The van der Waals surface area contributed by atoms with Gasteiger partial charge in [0, 0.05) is 25.9 Å². The van der Waals surface area contributed by atoms with Crippen molar-refractivity contribution in [1.29, 1.82) is 0 Å². The first kappa shape index (κ1) is 12.6. The lowest BCUT2D eigenvalue weighted by Crippen LogP contribution is -2.38. The van der Waals surface area contributed by atoms with Crippen LogP contribution in [-0.4, -0.2) is 22.5 Å². The quantitative estimate of drug-likeness (QED) is 0.765. The van der Waals surface area contributed by atoms with Gasteiger partial charge in [-0.1, -0.05) is 0 Å². The number of amides is 1. The van der Waals surface area contributed by atoms with Crippen LogP contribution in [-0.2, 0) is 11.3 Å². The first-order valence-electron chi connectivity index (χ1n) is 4.89. The maximum atomic E-state index is 11.6. The number of aromatic nitrogens is 2. The number of H-pyrrole nitrogens is 1. The Kier molecular flexibility index (Phi) is 3.64. The zero-order valence-corrected chi connectivity index (χ0v) is 10.4. The molecule has 0 aliphatic carbocycles. The average molecular weight is 241 g/mol. The molecule has 88 valence electrons. The Morgan fingerprint density at radius 3 is 2.75 bits per heavy atom. The van der Waals surface area contributed by atoms with Crippen LogP contribution < -0.4 is 10.9 Å². The molecule has 0 bridgehead atoms. The van der Waals surface area contributed by atoms with E-state index in [1.54, 1.807) is 17.8 Å². The largest absolute Gasteiger partial charge is 0.359 e. The number of nitrogens with one attached hydrogen (secondary N) is 2. The van der Waals surface area contributed by atoms with E-state index in [9.17, 15) is 9.59 Å². The van der Waals surface area contributed by atoms with E-state index in [0.29, 0.717) is 11.3 Å². The molecule has 0 aliphatic heterocycles. The van der Waals surface area contributed by atoms with Crippen LogP contribution in [0, 0.1) is 10.2 Å². The van der Waals surface area contributed by atoms with Crippen LogP contribution in [0.15, 0.2) is 17.1 Å². The summed E-state index contributed by atoms with van der Waals surface area (Å²) >= 11 is 5.01. The summed E-state index contributed by atoms with van der Waals surface area (Å²) in [7, 11) is 1.59. The Bertz CT molecular complexity index is 501. The van der Waals surface area contributed by atoms with Gasteiger partial charge in [-0.2, -0.15) is 0 Å². The van der Waals surface area contributed by atoms with Gasteiger partial charge < -0.3 is 9.88 Å². The molecule has 0 saturated heterocycles.